The Hall–Kier alpha value is -3.16. The highest BCUT2D eigenvalue weighted by Gasteiger charge is 2.26. The molecule has 7 nitrogen and oxygen atoms in total. The van der Waals surface area contributed by atoms with Crippen LogP contribution in [-0.4, -0.2) is 50.2 Å². The maximum Gasteiger partial charge on any atom is 0.164 e. The van der Waals surface area contributed by atoms with Crippen LogP contribution < -0.4 is 10.5 Å². The summed E-state index contributed by atoms with van der Waals surface area (Å²) >= 11 is 5.91. The van der Waals surface area contributed by atoms with E-state index in [2.05, 4.69) is 14.9 Å². The third kappa shape index (κ3) is 4.65. The number of ether oxygens (including phenoxy) is 1. The number of likely N-dealkylation sites (tertiary alicyclic amines) is 1. The standard InChI is InChI=1S/C25H27ClN6O/c26-13-5-15-31-14-4-6-19(16-31)32-25-22(24(27)28-17-29-25)23(30-32)18-9-11-21(12-10-18)33-20-7-2-1-3-8-20/h1-3,7-12,17,19H,4-6,13-16H2,(H2,27,28,29)/t19-/m1/s1. The number of hydrogen-bond acceptors (Lipinski definition) is 6. The van der Waals surface area contributed by atoms with Crippen molar-refractivity contribution in [1.29, 1.82) is 0 Å². The Morgan fingerprint density at radius 2 is 1.82 bits per heavy atom. The first-order valence-corrected chi connectivity index (χ1v) is 11.9. The van der Waals surface area contributed by atoms with E-state index in [0.29, 0.717) is 11.7 Å². The molecule has 0 unspecified atom stereocenters. The number of alkyl halides is 1. The first kappa shape index (κ1) is 21.7. The first-order chi connectivity index (χ1) is 16.2. The van der Waals surface area contributed by atoms with Crippen molar-refractivity contribution in [2.75, 3.05) is 31.2 Å². The molecule has 1 aliphatic heterocycles. The molecule has 2 aromatic carbocycles. The summed E-state index contributed by atoms with van der Waals surface area (Å²) < 4.78 is 7.98. The van der Waals surface area contributed by atoms with Gasteiger partial charge in [0.15, 0.2) is 5.65 Å². The first-order valence-electron chi connectivity index (χ1n) is 11.3. The molecule has 170 valence electrons. The van der Waals surface area contributed by atoms with Crippen molar-refractivity contribution in [2.45, 2.75) is 25.3 Å². The molecule has 1 aliphatic rings. The van der Waals surface area contributed by atoms with Crippen LogP contribution in [0.2, 0.25) is 0 Å². The fraction of sp³-hybridized carbons (Fsp3) is 0.320. The van der Waals surface area contributed by atoms with Gasteiger partial charge in [-0.3, -0.25) is 0 Å². The number of rotatable bonds is 7. The molecule has 5 rings (SSSR count). The van der Waals surface area contributed by atoms with Crippen LogP contribution in [0.25, 0.3) is 22.3 Å². The van der Waals surface area contributed by atoms with E-state index in [4.69, 9.17) is 27.2 Å². The van der Waals surface area contributed by atoms with Gasteiger partial charge in [-0.2, -0.15) is 5.10 Å². The summed E-state index contributed by atoms with van der Waals surface area (Å²) in [6.45, 7) is 3.03. The van der Waals surface area contributed by atoms with Crippen molar-refractivity contribution >= 4 is 28.5 Å². The van der Waals surface area contributed by atoms with Crippen molar-refractivity contribution in [3.05, 3.63) is 60.9 Å². The summed E-state index contributed by atoms with van der Waals surface area (Å²) in [5.74, 6) is 2.69. The van der Waals surface area contributed by atoms with Gasteiger partial charge in [0.05, 0.1) is 11.4 Å². The van der Waals surface area contributed by atoms with E-state index in [1.165, 1.54) is 6.33 Å². The molecule has 0 amide bonds. The normalized spacial score (nSPS) is 16.8. The highest BCUT2D eigenvalue weighted by Crippen LogP contribution is 2.34. The number of nitrogens with two attached hydrogens (primary N) is 1. The molecular weight excluding hydrogens is 436 g/mol. The molecule has 1 saturated heterocycles. The number of nitrogen functional groups attached to an aromatic ring is 1. The second-order valence-corrected chi connectivity index (χ2v) is 8.71. The van der Waals surface area contributed by atoms with Crippen molar-refractivity contribution in [3.8, 4) is 22.8 Å². The Bertz CT molecular complexity index is 1210. The van der Waals surface area contributed by atoms with E-state index in [1.807, 2.05) is 59.3 Å². The summed E-state index contributed by atoms with van der Waals surface area (Å²) in [4.78, 5) is 11.3. The van der Waals surface area contributed by atoms with Crippen LogP contribution in [0.15, 0.2) is 60.9 Å². The lowest BCUT2D eigenvalue weighted by atomic mass is 10.1. The lowest BCUT2D eigenvalue weighted by molar-refractivity contribution is 0.173. The Morgan fingerprint density at radius 1 is 1.03 bits per heavy atom. The van der Waals surface area contributed by atoms with Crippen molar-refractivity contribution in [1.82, 2.24) is 24.6 Å². The van der Waals surface area contributed by atoms with Crippen molar-refractivity contribution in [3.63, 3.8) is 0 Å². The second kappa shape index (κ2) is 9.77. The van der Waals surface area contributed by atoms with Crippen LogP contribution in [0.3, 0.4) is 0 Å². The molecular formula is C25H27ClN6O. The van der Waals surface area contributed by atoms with Gasteiger partial charge in [-0.15, -0.1) is 11.6 Å². The van der Waals surface area contributed by atoms with Crippen LogP contribution >= 0.6 is 11.6 Å². The number of hydrogen-bond donors (Lipinski definition) is 1. The van der Waals surface area contributed by atoms with Gasteiger partial charge in [0.2, 0.25) is 0 Å². The lowest BCUT2D eigenvalue weighted by Crippen LogP contribution is -2.37. The molecule has 0 spiro atoms. The van der Waals surface area contributed by atoms with Crippen LogP contribution in [-0.2, 0) is 0 Å². The SMILES string of the molecule is Nc1ncnc2c1c(-c1ccc(Oc3ccccc3)cc1)nn2[C@@H]1CCCN(CCCCl)C1. The zero-order valence-electron chi connectivity index (χ0n) is 18.4. The minimum Gasteiger partial charge on any atom is -0.457 e. The average molecular weight is 463 g/mol. The van der Waals surface area contributed by atoms with E-state index in [1.54, 1.807) is 0 Å². The molecule has 3 heterocycles. The second-order valence-electron chi connectivity index (χ2n) is 8.33. The van der Waals surface area contributed by atoms with E-state index in [0.717, 1.165) is 72.7 Å². The van der Waals surface area contributed by atoms with Gasteiger partial charge in [-0.05, 0) is 68.8 Å². The molecule has 2 N–H and O–H groups in total. The smallest absolute Gasteiger partial charge is 0.164 e. The fourth-order valence-corrected chi connectivity index (χ4v) is 4.59. The number of para-hydroxylation sites is 1. The number of aromatic nitrogens is 4. The minimum atomic E-state index is 0.236. The van der Waals surface area contributed by atoms with Gasteiger partial charge in [0.1, 0.15) is 29.3 Å². The highest BCUT2D eigenvalue weighted by atomic mass is 35.5. The van der Waals surface area contributed by atoms with E-state index in [9.17, 15) is 0 Å². The van der Waals surface area contributed by atoms with Gasteiger partial charge in [-0.1, -0.05) is 18.2 Å². The average Bonchev–Trinajstić information content (AvgIpc) is 3.25. The lowest BCUT2D eigenvalue weighted by Gasteiger charge is -2.32. The molecule has 2 aromatic heterocycles. The fourth-order valence-electron chi connectivity index (χ4n) is 4.47. The molecule has 0 aliphatic carbocycles. The topological polar surface area (TPSA) is 82.1 Å². The van der Waals surface area contributed by atoms with Crippen molar-refractivity contribution in [2.24, 2.45) is 0 Å². The van der Waals surface area contributed by atoms with Gasteiger partial charge >= 0.3 is 0 Å². The van der Waals surface area contributed by atoms with E-state index < -0.39 is 0 Å². The molecule has 8 heteroatoms. The van der Waals surface area contributed by atoms with Crippen molar-refractivity contribution < 1.29 is 4.74 Å². The van der Waals surface area contributed by atoms with E-state index in [-0.39, 0.29) is 6.04 Å². The predicted octanol–water partition coefficient (Wildman–Crippen LogP) is 5.13. The van der Waals surface area contributed by atoms with E-state index >= 15 is 0 Å². The monoisotopic (exact) mass is 462 g/mol. The highest BCUT2D eigenvalue weighted by molar-refractivity contribution is 6.17. The summed E-state index contributed by atoms with van der Waals surface area (Å²) in [5.41, 5.74) is 8.84. The number of benzene rings is 2. The predicted molar refractivity (Wildman–Crippen MR) is 132 cm³/mol. The number of piperidine rings is 1. The molecule has 1 atom stereocenters. The zero-order valence-corrected chi connectivity index (χ0v) is 19.2. The number of fused-ring (bicyclic) bond motifs is 1. The molecule has 1 fully saturated rings. The Kier molecular flexibility index (Phi) is 6.41. The van der Waals surface area contributed by atoms with Crippen LogP contribution in [0.5, 0.6) is 11.5 Å². The number of halogens is 1. The number of nitrogens with zero attached hydrogens (tertiary/aromatic N) is 5. The largest absolute Gasteiger partial charge is 0.457 e. The summed E-state index contributed by atoms with van der Waals surface area (Å²) in [6.07, 6.45) is 4.69. The molecule has 0 saturated carbocycles. The number of anilines is 1. The van der Waals surface area contributed by atoms with Gasteiger partial charge in [0, 0.05) is 18.0 Å². The minimum absolute atomic E-state index is 0.236. The zero-order chi connectivity index (χ0) is 22.6. The van der Waals surface area contributed by atoms with Crippen LogP contribution in [0.4, 0.5) is 5.82 Å². The third-order valence-corrected chi connectivity index (χ3v) is 6.33. The maximum atomic E-state index is 6.31. The molecule has 4 aromatic rings. The third-order valence-electron chi connectivity index (χ3n) is 6.06. The summed E-state index contributed by atoms with van der Waals surface area (Å²) in [7, 11) is 0. The molecule has 0 bridgehead atoms. The Morgan fingerprint density at radius 3 is 2.61 bits per heavy atom. The van der Waals surface area contributed by atoms with Crippen LogP contribution in [0.1, 0.15) is 25.3 Å². The Labute approximate surface area is 198 Å². The summed E-state index contributed by atoms with van der Waals surface area (Å²) in [6, 6.07) is 17.9. The molecule has 33 heavy (non-hydrogen) atoms. The molecule has 0 radical (unpaired) electrons. The summed E-state index contributed by atoms with van der Waals surface area (Å²) in [5, 5.41) is 5.81. The van der Waals surface area contributed by atoms with Gasteiger partial charge in [0.25, 0.3) is 0 Å². The Balaban J connectivity index is 1.46. The quantitative estimate of drug-likeness (QED) is 0.383. The maximum absolute atomic E-state index is 6.31. The van der Waals surface area contributed by atoms with Gasteiger partial charge < -0.3 is 15.4 Å². The van der Waals surface area contributed by atoms with Crippen LogP contribution in [0, 0.1) is 0 Å². The van der Waals surface area contributed by atoms with Gasteiger partial charge in [-0.25, -0.2) is 14.6 Å².